The maximum atomic E-state index is 5.58. The number of hydrogen-bond acceptors (Lipinski definition) is 5. The van der Waals surface area contributed by atoms with Crippen LogP contribution in [0.2, 0.25) is 0 Å². The number of nitrogens with one attached hydrogen (secondary N) is 2. The Morgan fingerprint density at radius 1 is 1.07 bits per heavy atom. The van der Waals surface area contributed by atoms with Crippen molar-refractivity contribution in [1.29, 1.82) is 0 Å². The van der Waals surface area contributed by atoms with E-state index in [0.717, 1.165) is 76.2 Å². The smallest absolute Gasteiger partial charge is 0.191 e. The van der Waals surface area contributed by atoms with E-state index in [1.54, 1.807) is 14.2 Å². The summed E-state index contributed by atoms with van der Waals surface area (Å²) in [6, 6.07) is 6.37. The molecule has 0 amide bonds. The maximum Gasteiger partial charge on any atom is 0.191 e. The van der Waals surface area contributed by atoms with Gasteiger partial charge in [0.05, 0.1) is 33.5 Å². The molecular formula is C23H40N4O3. The summed E-state index contributed by atoms with van der Waals surface area (Å²) in [5, 5.41) is 6.96. The predicted molar refractivity (Wildman–Crippen MR) is 123 cm³/mol. The normalized spacial score (nSPS) is 16.4. The van der Waals surface area contributed by atoms with Gasteiger partial charge in [0.2, 0.25) is 0 Å². The highest BCUT2D eigenvalue weighted by atomic mass is 16.5. The van der Waals surface area contributed by atoms with Crippen LogP contribution in [-0.2, 0) is 4.74 Å². The Morgan fingerprint density at radius 2 is 1.77 bits per heavy atom. The molecule has 0 bridgehead atoms. The minimum Gasteiger partial charge on any atom is -0.493 e. The van der Waals surface area contributed by atoms with Crippen LogP contribution in [0.4, 0.5) is 0 Å². The Bertz CT molecular complexity index is 643. The first kappa shape index (κ1) is 24.3. The molecule has 0 radical (unpaired) electrons. The van der Waals surface area contributed by atoms with Crippen LogP contribution in [0.1, 0.15) is 45.2 Å². The van der Waals surface area contributed by atoms with E-state index in [2.05, 4.69) is 48.4 Å². The molecule has 30 heavy (non-hydrogen) atoms. The van der Waals surface area contributed by atoms with Crippen LogP contribution in [0.5, 0.6) is 11.5 Å². The lowest BCUT2D eigenvalue weighted by Crippen LogP contribution is -2.46. The van der Waals surface area contributed by atoms with Crippen LogP contribution < -0.4 is 20.1 Å². The molecule has 0 saturated carbocycles. The Labute approximate surface area is 182 Å². The van der Waals surface area contributed by atoms with E-state index in [1.807, 2.05) is 6.07 Å². The van der Waals surface area contributed by atoms with Crippen molar-refractivity contribution in [3.8, 4) is 11.5 Å². The summed E-state index contributed by atoms with van der Waals surface area (Å²) in [4.78, 5) is 7.29. The summed E-state index contributed by atoms with van der Waals surface area (Å²) in [6.07, 6.45) is 2.31. The molecule has 1 unspecified atom stereocenters. The molecule has 1 aromatic rings. The van der Waals surface area contributed by atoms with Gasteiger partial charge in [-0.3, -0.25) is 9.89 Å². The number of ether oxygens (including phenoxy) is 3. The van der Waals surface area contributed by atoms with Crippen LogP contribution >= 0.6 is 0 Å². The van der Waals surface area contributed by atoms with E-state index < -0.39 is 0 Å². The molecule has 0 spiro atoms. The van der Waals surface area contributed by atoms with Gasteiger partial charge in [-0.2, -0.15) is 0 Å². The van der Waals surface area contributed by atoms with Gasteiger partial charge in [0.1, 0.15) is 0 Å². The van der Waals surface area contributed by atoms with Crippen molar-refractivity contribution in [1.82, 2.24) is 15.5 Å². The average molecular weight is 421 g/mol. The first-order valence-electron chi connectivity index (χ1n) is 11.2. The molecule has 0 aromatic heterocycles. The first-order valence-corrected chi connectivity index (χ1v) is 11.2. The average Bonchev–Trinajstić information content (AvgIpc) is 2.80. The Kier molecular flexibility index (Phi) is 10.8. The second kappa shape index (κ2) is 13.3. The highest BCUT2D eigenvalue weighted by Crippen LogP contribution is 2.32. The molecule has 1 aromatic carbocycles. The maximum absolute atomic E-state index is 5.58. The van der Waals surface area contributed by atoms with E-state index in [4.69, 9.17) is 19.2 Å². The largest absolute Gasteiger partial charge is 0.493 e. The molecule has 0 aliphatic carbocycles. The molecule has 2 N–H and O–H groups in total. The van der Waals surface area contributed by atoms with Crippen molar-refractivity contribution in [2.45, 2.75) is 39.7 Å². The topological polar surface area (TPSA) is 67.4 Å². The van der Waals surface area contributed by atoms with E-state index in [0.29, 0.717) is 5.92 Å². The van der Waals surface area contributed by atoms with Crippen LogP contribution in [0.3, 0.4) is 0 Å². The SMILES string of the molecule is CCNC(=NCC(CC)CC)NCC(c1ccc(OC)c(OC)c1)N1CCOCC1. The van der Waals surface area contributed by atoms with Gasteiger partial charge in [0.15, 0.2) is 17.5 Å². The van der Waals surface area contributed by atoms with Gasteiger partial charge in [0.25, 0.3) is 0 Å². The Morgan fingerprint density at radius 3 is 2.37 bits per heavy atom. The van der Waals surface area contributed by atoms with Gasteiger partial charge in [-0.15, -0.1) is 0 Å². The van der Waals surface area contributed by atoms with Gasteiger partial charge < -0.3 is 24.8 Å². The second-order valence-corrected chi connectivity index (χ2v) is 7.56. The number of rotatable bonds is 11. The van der Waals surface area contributed by atoms with E-state index >= 15 is 0 Å². The number of guanidine groups is 1. The quantitative estimate of drug-likeness (QED) is 0.424. The fraction of sp³-hybridized carbons (Fsp3) is 0.696. The molecule has 170 valence electrons. The molecule has 1 heterocycles. The highest BCUT2D eigenvalue weighted by molar-refractivity contribution is 5.79. The summed E-state index contributed by atoms with van der Waals surface area (Å²) in [5.74, 6) is 3.00. The zero-order chi connectivity index (χ0) is 21.8. The fourth-order valence-electron chi connectivity index (χ4n) is 3.71. The molecule has 2 rings (SSSR count). The molecule has 1 fully saturated rings. The lowest BCUT2D eigenvalue weighted by atomic mass is 10.0. The minimum absolute atomic E-state index is 0.186. The third-order valence-corrected chi connectivity index (χ3v) is 5.75. The van der Waals surface area contributed by atoms with Crippen molar-refractivity contribution < 1.29 is 14.2 Å². The molecule has 1 saturated heterocycles. The van der Waals surface area contributed by atoms with Gasteiger partial charge in [0, 0.05) is 32.7 Å². The summed E-state index contributed by atoms with van der Waals surface area (Å²) in [7, 11) is 3.34. The van der Waals surface area contributed by atoms with E-state index in [1.165, 1.54) is 5.56 Å². The van der Waals surface area contributed by atoms with Gasteiger partial charge >= 0.3 is 0 Å². The number of morpholine rings is 1. The number of aliphatic imine (C=N–C) groups is 1. The number of benzene rings is 1. The monoisotopic (exact) mass is 420 g/mol. The third-order valence-electron chi connectivity index (χ3n) is 5.75. The highest BCUT2D eigenvalue weighted by Gasteiger charge is 2.24. The summed E-state index contributed by atoms with van der Waals surface area (Å²) < 4.78 is 16.5. The zero-order valence-electron chi connectivity index (χ0n) is 19.4. The van der Waals surface area contributed by atoms with Gasteiger partial charge in [-0.05, 0) is 30.5 Å². The summed E-state index contributed by atoms with van der Waals surface area (Å²) >= 11 is 0. The van der Waals surface area contributed by atoms with Crippen LogP contribution in [0.15, 0.2) is 23.2 Å². The molecule has 1 aliphatic heterocycles. The van der Waals surface area contributed by atoms with Crippen molar-refractivity contribution in [2.24, 2.45) is 10.9 Å². The molecule has 7 nitrogen and oxygen atoms in total. The second-order valence-electron chi connectivity index (χ2n) is 7.56. The summed E-state index contributed by atoms with van der Waals surface area (Å²) in [5.41, 5.74) is 1.19. The Hall–Kier alpha value is -1.99. The molecule has 1 atom stereocenters. The molecule has 1 aliphatic rings. The standard InChI is InChI=1S/C23H40N4O3/c1-6-18(7-2)16-25-23(24-8-3)26-17-20(27-11-13-30-14-12-27)19-9-10-21(28-4)22(15-19)29-5/h9-10,15,18,20H,6-8,11-14,16-17H2,1-5H3,(H2,24,25,26). The molecule has 7 heteroatoms. The third kappa shape index (κ3) is 7.06. The first-order chi connectivity index (χ1) is 14.7. The van der Waals surface area contributed by atoms with E-state index in [-0.39, 0.29) is 6.04 Å². The Balaban J connectivity index is 2.19. The van der Waals surface area contributed by atoms with Crippen LogP contribution in [0.25, 0.3) is 0 Å². The lowest BCUT2D eigenvalue weighted by molar-refractivity contribution is 0.0169. The van der Waals surface area contributed by atoms with Crippen molar-refractivity contribution in [3.05, 3.63) is 23.8 Å². The van der Waals surface area contributed by atoms with Gasteiger partial charge in [-0.25, -0.2) is 0 Å². The lowest BCUT2D eigenvalue weighted by Gasteiger charge is -2.35. The number of hydrogen-bond donors (Lipinski definition) is 2. The van der Waals surface area contributed by atoms with Crippen molar-refractivity contribution in [3.63, 3.8) is 0 Å². The predicted octanol–water partition coefficient (Wildman–Crippen LogP) is 3.07. The molecular weight excluding hydrogens is 380 g/mol. The van der Waals surface area contributed by atoms with Crippen LogP contribution in [0, 0.1) is 5.92 Å². The number of nitrogens with zero attached hydrogens (tertiary/aromatic N) is 2. The zero-order valence-corrected chi connectivity index (χ0v) is 19.4. The van der Waals surface area contributed by atoms with E-state index in [9.17, 15) is 0 Å². The number of methoxy groups -OCH3 is 2. The van der Waals surface area contributed by atoms with Gasteiger partial charge in [-0.1, -0.05) is 32.8 Å². The fourth-order valence-corrected chi connectivity index (χ4v) is 3.71. The van der Waals surface area contributed by atoms with Crippen molar-refractivity contribution in [2.75, 3.05) is 60.2 Å². The van der Waals surface area contributed by atoms with Crippen molar-refractivity contribution >= 4 is 5.96 Å². The minimum atomic E-state index is 0.186. The summed E-state index contributed by atoms with van der Waals surface area (Å²) in [6.45, 7) is 12.3. The van der Waals surface area contributed by atoms with Crippen LogP contribution in [-0.4, -0.2) is 71.0 Å².